The molecule has 4 heteroatoms. The number of rotatable bonds is 5. The molecule has 1 aromatic rings. The molecule has 0 aliphatic rings. The fourth-order valence-corrected chi connectivity index (χ4v) is 1.04. The van der Waals surface area contributed by atoms with E-state index in [4.69, 9.17) is 5.11 Å². The van der Waals surface area contributed by atoms with E-state index < -0.39 is 5.97 Å². The zero-order chi connectivity index (χ0) is 10.4. The normalized spacial score (nSPS) is 9.43. The van der Waals surface area contributed by atoms with E-state index in [1.807, 2.05) is 0 Å². The lowest BCUT2D eigenvalue weighted by Crippen LogP contribution is -2.03. The van der Waals surface area contributed by atoms with E-state index in [-0.39, 0.29) is 5.56 Å². The summed E-state index contributed by atoms with van der Waals surface area (Å²) in [5.41, 5.74) is 0.952. The Bertz CT molecular complexity index is 336. The van der Waals surface area contributed by atoms with Gasteiger partial charge in [-0.2, -0.15) is 0 Å². The first-order valence-corrected chi connectivity index (χ1v) is 4.25. The molecule has 0 aliphatic heterocycles. The number of carboxylic acid groups (broad SMARTS) is 1. The molecular formula is C10H11NO3. The molecule has 14 heavy (non-hydrogen) atoms. The lowest BCUT2D eigenvalue weighted by atomic mass is 10.2. The summed E-state index contributed by atoms with van der Waals surface area (Å²) in [6, 6.07) is 6.48. The molecule has 1 aromatic carbocycles. The molecule has 0 amide bonds. The Kier molecular flexibility index (Phi) is 3.67. The minimum Gasteiger partial charge on any atom is -0.478 e. The number of carbonyl (C=O) groups is 2. The van der Waals surface area contributed by atoms with Gasteiger partial charge in [-0.3, -0.25) is 0 Å². The number of nitrogens with one attached hydrogen (secondary N) is 1. The van der Waals surface area contributed by atoms with Crippen molar-refractivity contribution < 1.29 is 14.7 Å². The topological polar surface area (TPSA) is 66.4 Å². The number of hydrogen-bond acceptors (Lipinski definition) is 3. The van der Waals surface area contributed by atoms with Gasteiger partial charge in [0, 0.05) is 18.7 Å². The van der Waals surface area contributed by atoms with Crippen LogP contribution in [0.4, 0.5) is 5.69 Å². The Labute approximate surface area is 81.6 Å². The van der Waals surface area contributed by atoms with E-state index in [1.165, 1.54) is 12.1 Å². The van der Waals surface area contributed by atoms with Crippen LogP contribution in [0.15, 0.2) is 24.3 Å². The van der Waals surface area contributed by atoms with Crippen LogP contribution in [0.1, 0.15) is 16.8 Å². The lowest BCUT2D eigenvalue weighted by molar-refractivity contribution is -0.107. The molecule has 0 radical (unpaired) electrons. The largest absolute Gasteiger partial charge is 0.478 e. The summed E-state index contributed by atoms with van der Waals surface area (Å²) in [5, 5.41) is 11.6. The average molecular weight is 193 g/mol. The number of anilines is 1. The highest BCUT2D eigenvalue weighted by molar-refractivity contribution is 5.88. The predicted octanol–water partition coefficient (Wildman–Crippen LogP) is 1.39. The summed E-state index contributed by atoms with van der Waals surface area (Å²) < 4.78 is 0. The number of carboxylic acids is 1. The van der Waals surface area contributed by atoms with Crippen LogP contribution in [0.25, 0.3) is 0 Å². The van der Waals surface area contributed by atoms with Crippen LogP contribution >= 0.6 is 0 Å². The van der Waals surface area contributed by atoms with Crippen molar-refractivity contribution in [1.82, 2.24) is 0 Å². The minimum absolute atomic E-state index is 0.237. The zero-order valence-corrected chi connectivity index (χ0v) is 7.56. The number of carbonyl (C=O) groups excluding carboxylic acids is 1. The monoisotopic (exact) mass is 193 g/mol. The summed E-state index contributed by atoms with van der Waals surface area (Å²) in [6.07, 6.45) is 1.23. The second-order valence-corrected chi connectivity index (χ2v) is 2.77. The van der Waals surface area contributed by atoms with Gasteiger partial charge in [-0.1, -0.05) is 6.07 Å². The van der Waals surface area contributed by atoms with Crippen LogP contribution in [0.5, 0.6) is 0 Å². The van der Waals surface area contributed by atoms with Crippen LogP contribution in [-0.4, -0.2) is 23.9 Å². The number of benzene rings is 1. The van der Waals surface area contributed by atoms with Crippen LogP contribution in [0.2, 0.25) is 0 Å². The van der Waals surface area contributed by atoms with E-state index >= 15 is 0 Å². The fraction of sp³-hybridized carbons (Fsp3) is 0.200. The Morgan fingerprint density at radius 1 is 1.50 bits per heavy atom. The van der Waals surface area contributed by atoms with Gasteiger partial charge in [0.05, 0.1) is 5.56 Å². The molecule has 0 aliphatic carbocycles. The smallest absolute Gasteiger partial charge is 0.335 e. The zero-order valence-electron chi connectivity index (χ0n) is 7.56. The van der Waals surface area contributed by atoms with Crippen molar-refractivity contribution in [3.8, 4) is 0 Å². The number of aromatic carboxylic acids is 1. The quantitative estimate of drug-likeness (QED) is 0.547. The second kappa shape index (κ2) is 5.01. The Morgan fingerprint density at radius 2 is 2.29 bits per heavy atom. The van der Waals surface area contributed by atoms with E-state index in [9.17, 15) is 9.59 Å². The van der Waals surface area contributed by atoms with Crippen molar-refractivity contribution in [3.63, 3.8) is 0 Å². The molecule has 2 N–H and O–H groups in total. The summed E-state index contributed by atoms with van der Waals surface area (Å²) >= 11 is 0. The first-order chi connectivity index (χ1) is 6.74. The highest BCUT2D eigenvalue weighted by atomic mass is 16.4. The van der Waals surface area contributed by atoms with Gasteiger partial charge in [-0.25, -0.2) is 4.79 Å². The van der Waals surface area contributed by atoms with Gasteiger partial charge < -0.3 is 15.2 Å². The maximum absolute atomic E-state index is 10.6. The minimum atomic E-state index is -0.955. The maximum Gasteiger partial charge on any atom is 0.335 e. The summed E-state index contributed by atoms with van der Waals surface area (Å²) in [5.74, 6) is -0.955. The van der Waals surface area contributed by atoms with Gasteiger partial charge in [0.15, 0.2) is 0 Å². The number of hydrogen-bond donors (Lipinski definition) is 2. The number of aldehydes is 1. The van der Waals surface area contributed by atoms with Gasteiger partial charge >= 0.3 is 5.97 Å². The molecule has 74 valence electrons. The first-order valence-electron chi connectivity index (χ1n) is 4.25. The summed E-state index contributed by atoms with van der Waals surface area (Å²) in [6.45, 7) is 0.520. The van der Waals surface area contributed by atoms with Crippen molar-refractivity contribution in [2.45, 2.75) is 6.42 Å². The first kappa shape index (κ1) is 10.2. The third kappa shape index (κ3) is 2.90. The van der Waals surface area contributed by atoms with Crippen molar-refractivity contribution in [1.29, 1.82) is 0 Å². The van der Waals surface area contributed by atoms with Gasteiger partial charge in [0.25, 0.3) is 0 Å². The van der Waals surface area contributed by atoms with Gasteiger partial charge in [0.2, 0.25) is 0 Å². The van der Waals surface area contributed by atoms with Crippen molar-refractivity contribution in [3.05, 3.63) is 29.8 Å². The molecule has 0 spiro atoms. The molecule has 0 heterocycles. The van der Waals surface area contributed by atoms with Crippen molar-refractivity contribution >= 4 is 17.9 Å². The highest BCUT2D eigenvalue weighted by Crippen LogP contribution is 2.10. The second-order valence-electron chi connectivity index (χ2n) is 2.77. The summed E-state index contributed by atoms with van der Waals surface area (Å²) in [4.78, 5) is 20.6. The third-order valence-electron chi connectivity index (χ3n) is 1.70. The molecule has 4 nitrogen and oxygen atoms in total. The van der Waals surface area contributed by atoms with Crippen LogP contribution in [-0.2, 0) is 4.79 Å². The van der Waals surface area contributed by atoms with Gasteiger partial charge in [-0.15, -0.1) is 0 Å². The van der Waals surface area contributed by atoms with Crippen LogP contribution < -0.4 is 5.32 Å². The molecule has 0 saturated carbocycles. The van der Waals surface area contributed by atoms with E-state index in [1.54, 1.807) is 12.1 Å². The standard InChI is InChI=1S/C10H11NO3/c12-6-2-5-11-9-4-1-3-8(7-9)10(13)14/h1,3-4,6-7,11H,2,5H2,(H,13,14). The van der Waals surface area contributed by atoms with Crippen molar-refractivity contribution in [2.75, 3.05) is 11.9 Å². The molecule has 0 aromatic heterocycles. The van der Waals surface area contributed by atoms with Crippen LogP contribution in [0.3, 0.4) is 0 Å². The summed E-state index contributed by atoms with van der Waals surface area (Å²) in [7, 11) is 0. The molecular weight excluding hydrogens is 182 g/mol. The molecule has 0 unspecified atom stereocenters. The van der Waals surface area contributed by atoms with Crippen LogP contribution in [0, 0.1) is 0 Å². The van der Waals surface area contributed by atoms with Gasteiger partial charge in [-0.05, 0) is 18.2 Å². The van der Waals surface area contributed by atoms with E-state index in [0.717, 1.165) is 6.29 Å². The Balaban J connectivity index is 2.63. The van der Waals surface area contributed by atoms with E-state index in [2.05, 4.69) is 5.32 Å². The fourth-order valence-electron chi connectivity index (χ4n) is 1.04. The molecule has 0 bridgehead atoms. The Morgan fingerprint density at radius 3 is 2.93 bits per heavy atom. The predicted molar refractivity (Wildman–Crippen MR) is 52.6 cm³/mol. The third-order valence-corrected chi connectivity index (χ3v) is 1.70. The lowest BCUT2D eigenvalue weighted by Gasteiger charge is -2.04. The van der Waals surface area contributed by atoms with Gasteiger partial charge in [0.1, 0.15) is 6.29 Å². The molecule has 1 rings (SSSR count). The highest BCUT2D eigenvalue weighted by Gasteiger charge is 2.01. The Hall–Kier alpha value is -1.84. The molecule has 0 saturated heterocycles. The van der Waals surface area contributed by atoms with Crippen molar-refractivity contribution in [2.24, 2.45) is 0 Å². The SMILES string of the molecule is O=CCCNc1cccc(C(=O)O)c1. The average Bonchev–Trinajstić information content (AvgIpc) is 2.19. The van der Waals surface area contributed by atoms with E-state index in [0.29, 0.717) is 18.7 Å². The molecule has 0 atom stereocenters. The molecule has 0 fully saturated rings. The maximum atomic E-state index is 10.6.